The second-order valence-electron chi connectivity index (χ2n) is 4.86. The van der Waals surface area contributed by atoms with Gasteiger partial charge in [0, 0.05) is 18.8 Å². The number of halogens is 2. The summed E-state index contributed by atoms with van der Waals surface area (Å²) in [7, 11) is -3.67. The van der Waals surface area contributed by atoms with Crippen LogP contribution in [0.5, 0.6) is 0 Å². The number of carbonyl (C=O) groups excluding carboxylic acids is 1. The second kappa shape index (κ2) is 5.50. The minimum absolute atomic E-state index is 0.0366. The summed E-state index contributed by atoms with van der Waals surface area (Å²) in [5, 5.41) is -0.661. The molecule has 1 N–H and O–H groups in total. The Balaban J connectivity index is 2.58. The van der Waals surface area contributed by atoms with Gasteiger partial charge >= 0.3 is 0 Å². The third-order valence-electron chi connectivity index (χ3n) is 3.44. The van der Waals surface area contributed by atoms with Gasteiger partial charge in [-0.15, -0.1) is 0 Å². The molecule has 0 aromatic rings. The molecule has 0 saturated heterocycles. The second-order valence-corrected chi connectivity index (χ2v) is 6.96. The van der Waals surface area contributed by atoms with Crippen molar-refractivity contribution in [1.29, 1.82) is 0 Å². The molecule has 0 aromatic heterocycles. The summed E-state index contributed by atoms with van der Waals surface area (Å²) in [5.41, 5.74) is 0. The van der Waals surface area contributed by atoms with Gasteiger partial charge in [-0.05, 0) is 26.2 Å². The van der Waals surface area contributed by atoms with Crippen LogP contribution in [-0.4, -0.2) is 25.5 Å². The summed E-state index contributed by atoms with van der Waals surface area (Å²) in [4.78, 5) is 11.7. The largest absolute Gasteiger partial charge is 0.274 e. The van der Waals surface area contributed by atoms with E-state index in [2.05, 4.69) is 0 Å². The van der Waals surface area contributed by atoms with Crippen molar-refractivity contribution in [3.05, 3.63) is 0 Å². The number of carbonyl (C=O) groups is 1. The van der Waals surface area contributed by atoms with Gasteiger partial charge in [-0.1, -0.05) is 6.92 Å². The predicted octanol–water partition coefficient (Wildman–Crippen LogP) is 2.06. The highest BCUT2D eigenvalue weighted by Gasteiger charge is 2.38. The molecule has 0 radical (unpaired) electrons. The van der Waals surface area contributed by atoms with Crippen LogP contribution in [-0.2, 0) is 14.8 Å². The molecule has 0 aromatic carbocycles. The Labute approximate surface area is 106 Å². The SMILES string of the molecule is CC[C@@H](C)S(=O)(=O)NC(=O)C1CCC(F)(F)CC1. The molecule has 106 valence electrons. The van der Waals surface area contributed by atoms with Crippen LogP contribution in [0.4, 0.5) is 8.78 Å². The first-order valence-corrected chi connectivity index (χ1v) is 7.66. The predicted molar refractivity (Wildman–Crippen MR) is 63.7 cm³/mol. The zero-order chi connectivity index (χ0) is 14.0. The number of sulfonamides is 1. The minimum atomic E-state index is -3.67. The number of hydrogen-bond acceptors (Lipinski definition) is 3. The first-order valence-electron chi connectivity index (χ1n) is 6.11. The van der Waals surface area contributed by atoms with Crippen molar-refractivity contribution in [2.24, 2.45) is 5.92 Å². The molecule has 1 rings (SSSR count). The fraction of sp³-hybridized carbons (Fsp3) is 0.909. The molecule has 4 nitrogen and oxygen atoms in total. The smallest absolute Gasteiger partial charge is 0.248 e. The Bertz CT molecular complexity index is 399. The molecule has 1 atom stereocenters. The van der Waals surface area contributed by atoms with E-state index in [0.29, 0.717) is 6.42 Å². The van der Waals surface area contributed by atoms with Crippen LogP contribution in [0.1, 0.15) is 46.0 Å². The van der Waals surface area contributed by atoms with Crippen molar-refractivity contribution in [3.8, 4) is 0 Å². The topological polar surface area (TPSA) is 63.2 Å². The van der Waals surface area contributed by atoms with Crippen LogP contribution in [0.25, 0.3) is 0 Å². The lowest BCUT2D eigenvalue weighted by atomic mass is 9.86. The van der Waals surface area contributed by atoms with E-state index in [1.165, 1.54) is 6.92 Å². The van der Waals surface area contributed by atoms with E-state index < -0.39 is 33.0 Å². The molecule has 18 heavy (non-hydrogen) atoms. The maximum absolute atomic E-state index is 12.9. The Kier molecular flexibility index (Phi) is 4.69. The summed E-state index contributed by atoms with van der Waals surface area (Å²) in [5.74, 6) is -3.99. The lowest BCUT2D eigenvalue weighted by molar-refractivity contribution is -0.127. The van der Waals surface area contributed by atoms with E-state index in [1.807, 2.05) is 4.72 Å². The molecule has 0 aliphatic heterocycles. The third-order valence-corrected chi connectivity index (χ3v) is 5.31. The lowest BCUT2D eigenvalue weighted by Gasteiger charge is -2.27. The molecule has 1 amide bonds. The van der Waals surface area contributed by atoms with Crippen LogP contribution in [0.2, 0.25) is 0 Å². The molecule has 0 heterocycles. The number of hydrogen-bond donors (Lipinski definition) is 1. The fourth-order valence-corrected chi connectivity index (χ4v) is 2.93. The Hall–Kier alpha value is -0.720. The Morgan fingerprint density at radius 1 is 1.39 bits per heavy atom. The number of rotatable bonds is 4. The molecule has 0 spiro atoms. The van der Waals surface area contributed by atoms with Gasteiger partial charge in [0.2, 0.25) is 21.9 Å². The van der Waals surface area contributed by atoms with Gasteiger partial charge < -0.3 is 0 Å². The highest BCUT2D eigenvalue weighted by molar-refractivity contribution is 7.90. The van der Waals surface area contributed by atoms with E-state index in [4.69, 9.17) is 0 Å². The summed E-state index contributed by atoms with van der Waals surface area (Å²) in [6.07, 6.45) is -0.238. The van der Waals surface area contributed by atoms with E-state index in [0.717, 1.165) is 0 Å². The number of nitrogens with one attached hydrogen (secondary N) is 1. The molecule has 0 unspecified atom stereocenters. The summed E-state index contributed by atoms with van der Waals surface area (Å²) >= 11 is 0. The van der Waals surface area contributed by atoms with Crippen LogP contribution in [0.3, 0.4) is 0 Å². The molecule has 1 aliphatic carbocycles. The Morgan fingerprint density at radius 2 is 1.89 bits per heavy atom. The molecular formula is C11H19F2NO3S. The normalized spacial score (nSPS) is 22.4. The monoisotopic (exact) mass is 283 g/mol. The van der Waals surface area contributed by atoms with Crippen LogP contribution in [0.15, 0.2) is 0 Å². The van der Waals surface area contributed by atoms with Crippen molar-refractivity contribution in [2.45, 2.75) is 57.1 Å². The van der Waals surface area contributed by atoms with Gasteiger partial charge in [0.1, 0.15) is 0 Å². The molecule has 1 saturated carbocycles. The average molecular weight is 283 g/mol. The minimum Gasteiger partial charge on any atom is -0.274 e. The first-order chi connectivity index (χ1) is 8.18. The summed E-state index contributed by atoms with van der Waals surface area (Å²) < 4.78 is 51.1. The molecule has 0 bridgehead atoms. The van der Waals surface area contributed by atoms with Crippen LogP contribution in [0, 0.1) is 5.92 Å². The molecular weight excluding hydrogens is 264 g/mol. The van der Waals surface area contributed by atoms with E-state index in [-0.39, 0.29) is 25.7 Å². The Morgan fingerprint density at radius 3 is 2.33 bits per heavy atom. The number of amides is 1. The number of alkyl halides is 2. The van der Waals surface area contributed by atoms with Gasteiger partial charge in [-0.2, -0.15) is 0 Å². The highest BCUT2D eigenvalue weighted by Crippen LogP contribution is 2.36. The molecule has 1 aliphatic rings. The van der Waals surface area contributed by atoms with Gasteiger partial charge in [0.15, 0.2) is 0 Å². The maximum Gasteiger partial charge on any atom is 0.248 e. The quantitative estimate of drug-likeness (QED) is 0.859. The van der Waals surface area contributed by atoms with Crippen LogP contribution >= 0.6 is 0 Å². The van der Waals surface area contributed by atoms with Crippen LogP contribution < -0.4 is 4.72 Å². The fourth-order valence-electron chi connectivity index (χ4n) is 1.85. The van der Waals surface area contributed by atoms with Crippen molar-refractivity contribution in [3.63, 3.8) is 0 Å². The van der Waals surface area contributed by atoms with E-state index in [1.54, 1.807) is 6.92 Å². The van der Waals surface area contributed by atoms with Gasteiger partial charge in [-0.25, -0.2) is 17.2 Å². The zero-order valence-corrected chi connectivity index (χ0v) is 11.4. The highest BCUT2D eigenvalue weighted by atomic mass is 32.2. The van der Waals surface area contributed by atoms with Gasteiger partial charge in [-0.3, -0.25) is 9.52 Å². The zero-order valence-electron chi connectivity index (χ0n) is 10.6. The molecule has 1 fully saturated rings. The van der Waals surface area contributed by atoms with E-state index >= 15 is 0 Å². The average Bonchev–Trinajstić information content (AvgIpc) is 2.26. The van der Waals surface area contributed by atoms with Gasteiger partial charge in [0.25, 0.3) is 0 Å². The third kappa shape index (κ3) is 3.90. The summed E-state index contributed by atoms with van der Waals surface area (Å²) in [6, 6.07) is 0. The first kappa shape index (κ1) is 15.3. The summed E-state index contributed by atoms with van der Waals surface area (Å²) in [6.45, 7) is 3.21. The van der Waals surface area contributed by atoms with Crippen molar-refractivity contribution in [2.75, 3.05) is 0 Å². The van der Waals surface area contributed by atoms with Crippen molar-refractivity contribution >= 4 is 15.9 Å². The van der Waals surface area contributed by atoms with Crippen molar-refractivity contribution in [1.82, 2.24) is 4.72 Å². The molecule has 7 heteroatoms. The maximum atomic E-state index is 12.9. The lowest BCUT2D eigenvalue weighted by Crippen LogP contribution is -2.42. The van der Waals surface area contributed by atoms with E-state index in [9.17, 15) is 22.0 Å². The standard InChI is InChI=1S/C11H19F2NO3S/c1-3-8(2)18(16,17)14-10(15)9-4-6-11(12,13)7-5-9/h8-9H,3-7H2,1-2H3,(H,14,15)/t8-/m1/s1. The van der Waals surface area contributed by atoms with Gasteiger partial charge in [0.05, 0.1) is 5.25 Å². The van der Waals surface area contributed by atoms with Crippen molar-refractivity contribution < 1.29 is 22.0 Å².